The molecule has 0 saturated heterocycles. The molecule has 6 heteroatoms. The van der Waals surface area contributed by atoms with E-state index in [4.69, 9.17) is 19.4 Å². The van der Waals surface area contributed by atoms with Gasteiger partial charge in [0.05, 0.1) is 22.1 Å². The zero-order valence-electron chi connectivity index (χ0n) is 33.9. The topological polar surface area (TPSA) is 61.7 Å². The Hall–Kier alpha value is -8.61. The maximum absolute atomic E-state index is 6.51. The fourth-order valence-corrected chi connectivity index (χ4v) is 9.57. The molecule has 0 aliphatic rings. The highest BCUT2D eigenvalue weighted by molar-refractivity contribution is 6.26. The fraction of sp³-hybridized carbons (Fsp3) is 0. The molecule has 0 atom stereocenters. The molecule has 0 saturated carbocycles. The SMILES string of the molecule is c1ccc(-c2nc(-c3ccc(-n4c5ccccc5c5c4ccc4c6ccccc6n(-c6ccccc6)c45)cc3)nc(-c3cc(-c4ccccc4)c4c(c3)oc3ccccc34)n2)cc1. The summed E-state index contributed by atoms with van der Waals surface area (Å²) in [6.45, 7) is 0. The normalized spacial score (nSPS) is 11.8. The van der Waals surface area contributed by atoms with Crippen LogP contribution in [0, 0.1) is 0 Å². The second-order valence-electron chi connectivity index (χ2n) is 16.0. The highest BCUT2D eigenvalue weighted by Crippen LogP contribution is 2.43. The van der Waals surface area contributed by atoms with Gasteiger partial charge in [0.2, 0.25) is 0 Å². The van der Waals surface area contributed by atoms with Crippen molar-refractivity contribution < 1.29 is 4.42 Å². The molecule has 9 aromatic carbocycles. The number of hydrogen-bond donors (Lipinski definition) is 0. The molecule has 0 amide bonds. The summed E-state index contributed by atoms with van der Waals surface area (Å²) in [5.74, 6) is 1.77. The quantitative estimate of drug-likeness (QED) is 0.168. The van der Waals surface area contributed by atoms with E-state index >= 15 is 0 Å². The van der Waals surface area contributed by atoms with E-state index in [-0.39, 0.29) is 0 Å². The van der Waals surface area contributed by atoms with Crippen molar-refractivity contribution >= 4 is 65.6 Å². The van der Waals surface area contributed by atoms with Crippen molar-refractivity contribution in [1.82, 2.24) is 24.1 Å². The molecule has 63 heavy (non-hydrogen) atoms. The van der Waals surface area contributed by atoms with Gasteiger partial charge in [0.25, 0.3) is 0 Å². The van der Waals surface area contributed by atoms with Crippen molar-refractivity contribution in [2.45, 2.75) is 0 Å². The molecular weight excluding hydrogens is 771 g/mol. The average Bonchev–Trinajstić information content (AvgIpc) is 4.02. The minimum absolute atomic E-state index is 0.572. The van der Waals surface area contributed by atoms with Crippen LogP contribution < -0.4 is 0 Å². The largest absolute Gasteiger partial charge is 0.456 e. The molecule has 0 aliphatic carbocycles. The van der Waals surface area contributed by atoms with E-state index in [0.717, 1.165) is 72.2 Å². The Morgan fingerprint density at radius 2 is 0.857 bits per heavy atom. The Morgan fingerprint density at radius 3 is 1.57 bits per heavy atom. The van der Waals surface area contributed by atoms with Gasteiger partial charge in [-0.15, -0.1) is 0 Å². The van der Waals surface area contributed by atoms with Crippen LogP contribution in [0.25, 0.3) is 122 Å². The monoisotopic (exact) mass is 805 g/mol. The molecule has 0 unspecified atom stereocenters. The van der Waals surface area contributed by atoms with Gasteiger partial charge >= 0.3 is 0 Å². The number of fused-ring (bicyclic) bond motifs is 10. The molecule has 4 aromatic heterocycles. The minimum atomic E-state index is 0.572. The molecule has 0 spiro atoms. The summed E-state index contributed by atoms with van der Waals surface area (Å²) in [6.07, 6.45) is 0. The van der Waals surface area contributed by atoms with Crippen LogP contribution in [0.2, 0.25) is 0 Å². The number of nitrogens with zero attached hydrogens (tertiary/aromatic N) is 5. The van der Waals surface area contributed by atoms with E-state index in [9.17, 15) is 0 Å². The Morgan fingerprint density at radius 1 is 0.317 bits per heavy atom. The van der Waals surface area contributed by atoms with E-state index in [1.54, 1.807) is 0 Å². The van der Waals surface area contributed by atoms with Gasteiger partial charge < -0.3 is 13.6 Å². The Kier molecular flexibility index (Phi) is 7.80. The summed E-state index contributed by atoms with van der Waals surface area (Å²) in [4.78, 5) is 15.4. The fourth-order valence-electron chi connectivity index (χ4n) is 9.57. The maximum atomic E-state index is 6.51. The Labute approximate surface area is 361 Å². The minimum Gasteiger partial charge on any atom is -0.456 e. The van der Waals surface area contributed by atoms with Gasteiger partial charge in [-0.25, -0.2) is 15.0 Å². The first-order chi connectivity index (χ1) is 31.2. The zero-order valence-corrected chi connectivity index (χ0v) is 33.9. The first-order valence-electron chi connectivity index (χ1n) is 21.2. The number of aromatic nitrogens is 5. The molecule has 6 nitrogen and oxygen atoms in total. The first kappa shape index (κ1) is 35.2. The molecule has 294 valence electrons. The summed E-state index contributed by atoms with van der Waals surface area (Å²) in [7, 11) is 0. The Bertz CT molecular complexity index is 3890. The number of rotatable bonds is 6. The lowest BCUT2D eigenvalue weighted by Gasteiger charge is -2.12. The summed E-state index contributed by atoms with van der Waals surface area (Å²) in [5.41, 5.74) is 13.3. The predicted octanol–water partition coefficient (Wildman–Crippen LogP) is 14.6. The summed E-state index contributed by atoms with van der Waals surface area (Å²) in [5, 5.41) is 7.04. The lowest BCUT2D eigenvalue weighted by atomic mass is 9.97. The molecule has 0 fully saturated rings. The van der Waals surface area contributed by atoms with E-state index in [0.29, 0.717) is 17.5 Å². The van der Waals surface area contributed by atoms with Crippen molar-refractivity contribution in [3.05, 3.63) is 212 Å². The van der Waals surface area contributed by atoms with Crippen molar-refractivity contribution in [3.8, 4) is 56.7 Å². The van der Waals surface area contributed by atoms with Crippen molar-refractivity contribution in [2.24, 2.45) is 0 Å². The van der Waals surface area contributed by atoms with Crippen LogP contribution >= 0.6 is 0 Å². The highest BCUT2D eigenvalue weighted by Gasteiger charge is 2.22. The standard InChI is InChI=1S/C57H35N5O/c1-4-16-36(17-5-1)46-34-39(35-51-52(46)45-24-12-15-27-50(45)63-51)57-59-55(37-18-6-2-7-19-37)58-56(60-57)38-28-30-41(31-29-38)61-48-26-14-11-23-44(48)53-49(61)33-32-43-42-22-10-13-25-47(42)62(54(43)53)40-20-8-3-9-21-40/h1-35H. The van der Waals surface area contributed by atoms with Crippen LogP contribution in [-0.4, -0.2) is 24.1 Å². The molecular formula is C57H35N5O. The van der Waals surface area contributed by atoms with E-state index in [1.165, 1.54) is 32.6 Å². The molecule has 0 aliphatic heterocycles. The Balaban J connectivity index is 0.992. The third-order valence-electron chi connectivity index (χ3n) is 12.4. The third-order valence-corrected chi connectivity index (χ3v) is 12.4. The summed E-state index contributed by atoms with van der Waals surface area (Å²) >= 11 is 0. The van der Waals surface area contributed by atoms with Gasteiger partial charge in [-0.3, -0.25) is 0 Å². The number of benzene rings is 9. The number of para-hydroxylation sites is 4. The van der Waals surface area contributed by atoms with Crippen molar-refractivity contribution in [3.63, 3.8) is 0 Å². The first-order valence-corrected chi connectivity index (χ1v) is 21.2. The number of furan rings is 1. The molecule has 0 radical (unpaired) electrons. The molecule has 0 bridgehead atoms. The smallest absolute Gasteiger partial charge is 0.164 e. The van der Waals surface area contributed by atoms with Crippen molar-refractivity contribution in [2.75, 3.05) is 0 Å². The second-order valence-corrected chi connectivity index (χ2v) is 16.0. The van der Waals surface area contributed by atoms with Gasteiger partial charge in [-0.1, -0.05) is 140 Å². The summed E-state index contributed by atoms with van der Waals surface area (Å²) < 4.78 is 11.3. The lowest BCUT2D eigenvalue weighted by molar-refractivity contribution is 0.669. The van der Waals surface area contributed by atoms with Gasteiger partial charge in [-0.05, 0) is 83.9 Å². The van der Waals surface area contributed by atoms with Crippen LogP contribution in [0.5, 0.6) is 0 Å². The maximum Gasteiger partial charge on any atom is 0.164 e. The van der Waals surface area contributed by atoms with E-state index < -0.39 is 0 Å². The van der Waals surface area contributed by atoms with Crippen LogP contribution in [0.15, 0.2) is 217 Å². The predicted molar refractivity (Wildman–Crippen MR) is 258 cm³/mol. The zero-order chi connectivity index (χ0) is 41.4. The second kappa shape index (κ2) is 14.0. The third kappa shape index (κ3) is 5.55. The molecule has 13 rings (SSSR count). The van der Waals surface area contributed by atoms with E-state index in [1.807, 2.05) is 48.5 Å². The lowest BCUT2D eigenvalue weighted by Crippen LogP contribution is -2.01. The van der Waals surface area contributed by atoms with Crippen LogP contribution in [0.4, 0.5) is 0 Å². The average molecular weight is 806 g/mol. The van der Waals surface area contributed by atoms with Crippen LogP contribution in [-0.2, 0) is 0 Å². The number of hydrogen-bond acceptors (Lipinski definition) is 4. The van der Waals surface area contributed by atoms with Gasteiger partial charge in [-0.2, -0.15) is 0 Å². The van der Waals surface area contributed by atoms with E-state index in [2.05, 4.69) is 173 Å². The highest BCUT2D eigenvalue weighted by atomic mass is 16.3. The van der Waals surface area contributed by atoms with Gasteiger partial charge in [0, 0.05) is 60.4 Å². The van der Waals surface area contributed by atoms with Crippen LogP contribution in [0.1, 0.15) is 0 Å². The van der Waals surface area contributed by atoms with Crippen LogP contribution in [0.3, 0.4) is 0 Å². The molecule has 4 heterocycles. The molecule has 13 aromatic rings. The van der Waals surface area contributed by atoms with Crippen molar-refractivity contribution in [1.29, 1.82) is 0 Å². The molecule has 0 N–H and O–H groups in total. The summed E-state index contributed by atoms with van der Waals surface area (Å²) in [6, 6.07) is 74.3. The van der Waals surface area contributed by atoms with Gasteiger partial charge in [0.15, 0.2) is 17.5 Å². The van der Waals surface area contributed by atoms with Gasteiger partial charge in [0.1, 0.15) is 11.2 Å².